The molecule has 0 bridgehead atoms. The number of nitrogens with zero attached hydrogens (tertiary/aromatic N) is 2. The van der Waals surface area contributed by atoms with Gasteiger partial charge < -0.3 is 0 Å². The Morgan fingerprint density at radius 1 is 1.00 bits per heavy atom. The number of thiol groups is 2. The molecule has 0 aliphatic rings. The molecule has 0 aliphatic heterocycles. The van der Waals surface area contributed by atoms with Crippen LogP contribution in [0.5, 0.6) is 0 Å². The molecule has 4 heteroatoms. The number of fused-ring (bicyclic) bond motifs is 1. The third kappa shape index (κ3) is 2.11. The minimum absolute atomic E-state index is 0.604. The van der Waals surface area contributed by atoms with Crippen LogP contribution in [-0.2, 0) is 11.5 Å². The highest BCUT2D eigenvalue weighted by atomic mass is 32.1. The average Bonchev–Trinajstić information content (AvgIpc) is 2.27. The molecule has 0 amide bonds. The van der Waals surface area contributed by atoms with E-state index in [1.54, 1.807) is 0 Å². The molecule has 0 atom stereocenters. The van der Waals surface area contributed by atoms with Gasteiger partial charge in [0.25, 0.3) is 0 Å². The van der Waals surface area contributed by atoms with Gasteiger partial charge in [0, 0.05) is 11.5 Å². The Hall–Kier alpha value is -0.740. The van der Waals surface area contributed by atoms with Gasteiger partial charge in [-0.05, 0) is 24.6 Å². The van der Waals surface area contributed by atoms with Gasteiger partial charge in [-0.25, -0.2) is 9.97 Å². The number of rotatable bonds is 2. The maximum absolute atomic E-state index is 4.54. The van der Waals surface area contributed by atoms with E-state index in [2.05, 4.69) is 35.2 Å². The lowest BCUT2D eigenvalue weighted by Gasteiger charge is -2.06. The van der Waals surface area contributed by atoms with Crippen LogP contribution in [-0.4, -0.2) is 9.97 Å². The van der Waals surface area contributed by atoms with Gasteiger partial charge in [0.1, 0.15) is 0 Å². The van der Waals surface area contributed by atoms with E-state index >= 15 is 0 Å². The first kappa shape index (κ1) is 10.8. The molecule has 0 aliphatic carbocycles. The molecule has 0 fully saturated rings. The Labute approximate surface area is 100.0 Å². The molecular formula is C11H12N2S2. The Bertz CT molecular complexity index is 497. The summed E-state index contributed by atoms with van der Waals surface area (Å²) in [6.07, 6.45) is 0. The molecule has 0 saturated carbocycles. The molecule has 1 heterocycles. The van der Waals surface area contributed by atoms with Crippen molar-refractivity contribution < 1.29 is 0 Å². The number of hydrogen-bond acceptors (Lipinski definition) is 4. The average molecular weight is 236 g/mol. The first-order valence-electron chi connectivity index (χ1n) is 4.72. The summed E-state index contributed by atoms with van der Waals surface area (Å²) in [4.78, 5) is 9.06. The van der Waals surface area contributed by atoms with Crippen molar-refractivity contribution >= 4 is 36.3 Å². The van der Waals surface area contributed by atoms with Gasteiger partial charge in [-0.1, -0.05) is 6.07 Å². The summed E-state index contributed by atoms with van der Waals surface area (Å²) in [7, 11) is 0. The standard InChI is InChI=1S/C11H12N2S2/c1-7-2-3-8-9(4-7)13-11(6-15)10(5-14)12-8/h2-4,14-15H,5-6H2,1H3. The van der Waals surface area contributed by atoms with Gasteiger partial charge >= 0.3 is 0 Å². The van der Waals surface area contributed by atoms with Gasteiger partial charge in [-0.3, -0.25) is 0 Å². The summed E-state index contributed by atoms with van der Waals surface area (Å²) in [6, 6.07) is 6.07. The number of benzene rings is 1. The van der Waals surface area contributed by atoms with Crippen LogP contribution >= 0.6 is 25.3 Å². The zero-order chi connectivity index (χ0) is 10.8. The van der Waals surface area contributed by atoms with E-state index in [0.717, 1.165) is 22.4 Å². The maximum atomic E-state index is 4.54. The van der Waals surface area contributed by atoms with Crippen molar-refractivity contribution in [1.29, 1.82) is 0 Å². The van der Waals surface area contributed by atoms with E-state index in [1.165, 1.54) is 5.56 Å². The topological polar surface area (TPSA) is 25.8 Å². The molecule has 0 unspecified atom stereocenters. The predicted octanol–water partition coefficient (Wildman–Crippen LogP) is 2.80. The minimum atomic E-state index is 0.604. The summed E-state index contributed by atoms with van der Waals surface area (Å²) in [6.45, 7) is 2.05. The highest BCUT2D eigenvalue weighted by Gasteiger charge is 2.05. The van der Waals surface area contributed by atoms with Gasteiger partial charge in [0.15, 0.2) is 0 Å². The van der Waals surface area contributed by atoms with E-state index in [4.69, 9.17) is 0 Å². The molecular weight excluding hydrogens is 224 g/mol. The Kier molecular flexibility index (Phi) is 3.17. The van der Waals surface area contributed by atoms with Crippen LogP contribution in [0.4, 0.5) is 0 Å². The van der Waals surface area contributed by atoms with Crippen LogP contribution in [0.1, 0.15) is 17.0 Å². The first-order valence-corrected chi connectivity index (χ1v) is 5.99. The zero-order valence-electron chi connectivity index (χ0n) is 8.44. The summed E-state index contributed by atoms with van der Waals surface area (Å²) in [5.74, 6) is 1.21. The molecule has 0 N–H and O–H groups in total. The highest BCUT2D eigenvalue weighted by molar-refractivity contribution is 7.79. The van der Waals surface area contributed by atoms with Crippen LogP contribution in [0, 0.1) is 6.92 Å². The van der Waals surface area contributed by atoms with Crippen molar-refractivity contribution in [3.05, 3.63) is 35.2 Å². The molecule has 15 heavy (non-hydrogen) atoms. The lowest BCUT2D eigenvalue weighted by Crippen LogP contribution is -1.98. The first-order chi connectivity index (χ1) is 7.24. The van der Waals surface area contributed by atoms with Gasteiger partial charge in [0.2, 0.25) is 0 Å². The second kappa shape index (κ2) is 4.41. The molecule has 78 valence electrons. The van der Waals surface area contributed by atoms with E-state index in [0.29, 0.717) is 11.5 Å². The van der Waals surface area contributed by atoms with E-state index < -0.39 is 0 Å². The van der Waals surface area contributed by atoms with Crippen molar-refractivity contribution in [2.75, 3.05) is 0 Å². The minimum Gasteiger partial charge on any atom is -0.248 e. The van der Waals surface area contributed by atoms with Crippen molar-refractivity contribution in [2.24, 2.45) is 0 Å². The fourth-order valence-electron chi connectivity index (χ4n) is 1.49. The smallest absolute Gasteiger partial charge is 0.0893 e. The summed E-state index contributed by atoms with van der Waals surface area (Å²) in [5.41, 5.74) is 4.90. The summed E-state index contributed by atoms with van der Waals surface area (Å²) < 4.78 is 0. The fourth-order valence-corrected chi connectivity index (χ4v) is 2.00. The van der Waals surface area contributed by atoms with Crippen LogP contribution in [0.2, 0.25) is 0 Å². The highest BCUT2D eigenvalue weighted by Crippen LogP contribution is 2.17. The zero-order valence-corrected chi connectivity index (χ0v) is 10.2. The molecule has 1 aromatic heterocycles. The van der Waals surface area contributed by atoms with Gasteiger partial charge in [0.05, 0.1) is 22.4 Å². The third-order valence-electron chi connectivity index (χ3n) is 2.27. The van der Waals surface area contributed by atoms with Crippen LogP contribution in [0.15, 0.2) is 18.2 Å². The van der Waals surface area contributed by atoms with E-state index in [-0.39, 0.29) is 0 Å². The van der Waals surface area contributed by atoms with Crippen LogP contribution < -0.4 is 0 Å². The molecule has 0 radical (unpaired) electrons. The summed E-state index contributed by atoms with van der Waals surface area (Å²) in [5, 5.41) is 0. The number of aromatic nitrogens is 2. The lowest BCUT2D eigenvalue weighted by atomic mass is 10.2. The molecule has 2 rings (SSSR count). The molecule has 2 aromatic rings. The Balaban J connectivity index is 2.69. The largest absolute Gasteiger partial charge is 0.248 e. The molecule has 2 nitrogen and oxygen atoms in total. The maximum Gasteiger partial charge on any atom is 0.0893 e. The van der Waals surface area contributed by atoms with E-state index in [9.17, 15) is 0 Å². The molecule has 0 spiro atoms. The number of hydrogen-bond donors (Lipinski definition) is 2. The normalized spacial score (nSPS) is 10.9. The summed E-state index contributed by atoms with van der Waals surface area (Å²) >= 11 is 8.49. The fraction of sp³-hybridized carbons (Fsp3) is 0.273. The predicted molar refractivity (Wildman–Crippen MR) is 69.7 cm³/mol. The van der Waals surface area contributed by atoms with Gasteiger partial charge in [-0.2, -0.15) is 25.3 Å². The van der Waals surface area contributed by atoms with Crippen molar-refractivity contribution in [2.45, 2.75) is 18.4 Å². The van der Waals surface area contributed by atoms with Crippen molar-refractivity contribution in [1.82, 2.24) is 9.97 Å². The van der Waals surface area contributed by atoms with Crippen molar-refractivity contribution in [3.8, 4) is 0 Å². The monoisotopic (exact) mass is 236 g/mol. The van der Waals surface area contributed by atoms with Crippen LogP contribution in [0.25, 0.3) is 11.0 Å². The van der Waals surface area contributed by atoms with Crippen molar-refractivity contribution in [3.63, 3.8) is 0 Å². The Morgan fingerprint density at radius 3 is 2.20 bits per heavy atom. The molecule has 0 saturated heterocycles. The second-order valence-electron chi connectivity index (χ2n) is 3.43. The number of aryl methyl sites for hydroxylation is 1. The quantitative estimate of drug-likeness (QED) is 0.784. The van der Waals surface area contributed by atoms with Crippen LogP contribution in [0.3, 0.4) is 0 Å². The second-order valence-corrected chi connectivity index (χ2v) is 4.06. The van der Waals surface area contributed by atoms with Gasteiger partial charge in [-0.15, -0.1) is 0 Å². The SMILES string of the molecule is Cc1ccc2nc(CS)c(CS)nc2c1. The molecule has 1 aromatic carbocycles. The van der Waals surface area contributed by atoms with E-state index in [1.807, 2.05) is 25.1 Å². The lowest BCUT2D eigenvalue weighted by molar-refractivity contribution is 1.07. The Morgan fingerprint density at radius 2 is 1.60 bits per heavy atom. The third-order valence-corrected chi connectivity index (χ3v) is 2.87.